The van der Waals surface area contributed by atoms with Crippen LogP contribution in [0.15, 0.2) is 18.2 Å². The van der Waals surface area contributed by atoms with E-state index in [2.05, 4.69) is 6.92 Å². The minimum Gasteiger partial charge on any atom is -0.504 e. The maximum Gasteiger partial charge on any atom is 0.157 e. The summed E-state index contributed by atoms with van der Waals surface area (Å²) < 4.78 is 0. The molecule has 1 atom stereocenters. The molecule has 0 aliphatic carbocycles. The van der Waals surface area contributed by atoms with Crippen LogP contribution >= 0.6 is 0 Å². The Labute approximate surface area is 96.4 Å². The van der Waals surface area contributed by atoms with E-state index in [0.717, 1.165) is 12.8 Å². The number of phenolic OH excluding ortho intramolecular Hbond substituents is 2. The summed E-state index contributed by atoms with van der Waals surface area (Å²) in [4.78, 5) is 0. The van der Waals surface area contributed by atoms with Gasteiger partial charge in [0.25, 0.3) is 0 Å². The van der Waals surface area contributed by atoms with Crippen molar-refractivity contribution < 1.29 is 15.3 Å². The average molecular weight is 224 g/mol. The number of hydrogen-bond donors (Lipinski definition) is 3. The highest BCUT2D eigenvalue weighted by molar-refractivity contribution is 5.41. The van der Waals surface area contributed by atoms with Crippen molar-refractivity contribution in [3.8, 4) is 11.5 Å². The highest BCUT2D eigenvalue weighted by Crippen LogP contribution is 2.29. The Bertz CT molecular complexity index is 323. The smallest absolute Gasteiger partial charge is 0.157 e. The second-order valence-electron chi connectivity index (χ2n) is 4.11. The van der Waals surface area contributed by atoms with E-state index in [1.54, 1.807) is 6.07 Å². The standard InChI is InChI=1S/C13H20O3/c1-2-3-4-5-6-11(14)10-7-8-12(15)13(16)9-10/h7-9,11,14-16H,2-6H2,1H3/t11-/m1/s1. The topological polar surface area (TPSA) is 60.7 Å². The summed E-state index contributed by atoms with van der Waals surface area (Å²) in [6, 6.07) is 4.46. The molecule has 0 saturated heterocycles. The van der Waals surface area contributed by atoms with Gasteiger partial charge in [0.1, 0.15) is 0 Å². The van der Waals surface area contributed by atoms with Gasteiger partial charge >= 0.3 is 0 Å². The summed E-state index contributed by atoms with van der Waals surface area (Å²) in [5.74, 6) is -0.327. The summed E-state index contributed by atoms with van der Waals surface area (Å²) in [6.07, 6.45) is 4.62. The van der Waals surface area contributed by atoms with Gasteiger partial charge in [0.15, 0.2) is 11.5 Å². The van der Waals surface area contributed by atoms with E-state index in [4.69, 9.17) is 5.11 Å². The molecule has 1 rings (SSSR count). The Morgan fingerprint density at radius 3 is 2.44 bits per heavy atom. The Morgan fingerprint density at radius 2 is 1.81 bits per heavy atom. The third kappa shape index (κ3) is 3.74. The largest absolute Gasteiger partial charge is 0.504 e. The van der Waals surface area contributed by atoms with E-state index in [1.807, 2.05) is 0 Å². The fourth-order valence-corrected chi connectivity index (χ4v) is 1.68. The monoisotopic (exact) mass is 224 g/mol. The molecule has 0 spiro atoms. The van der Waals surface area contributed by atoms with Crippen molar-refractivity contribution in [2.75, 3.05) is 0 Å². The van der Waals surface area contributed by atoms with Crippen molar-refractivity contribution >= 4 is 0 Å². The molecule has 16 heavy (non-hydrogen) atoms. The molecule has 0 aromatic heterocycles. The molecule has 3 nitrogen and oxygen atoms in total. The molecule has 3 heteroatoms. The van der Waals surface area contributed by atoms with E-state index in [-0.39, 0.29) is 11.5 Å². The lowest BCUT2D eigenvalue weighted by Gasteiger charge is -2.11. The maximum absolute atomic E-state index is 9.84. The average Bonchev–Trinajstić information content (AvgIpc) is 2.28. The summed E-state index contributed by atoms with van der Waals surface area (Å²) >= 11 is 0. The third-order valence-corrected chi connectivity index (χ3v) is 2.72. The lowest BCUT2D eigenvalue weighted by molar-refractivity contribution is 0.163. The normalized spacial score (nSPS) is 12.6. The van der Waals surface area contributed by atoms with E-state index in [9.17, 15) is 10.2 Å². The molecule has 90 valence electrons. The van der Waals surface area contributed by atoms with Gasteiger partial charge in [0.2, 0.25) is 0 Å². The van der Waals surface area contributed by atoms with Gasteiger partial charge in [0, 0.05) is 0 Å². The van der Waals surface area contributed by atoms with Gasteiger partial charge < -0.3 is 15.3 Å². The molecular formula is C13H20O3. The lowest BCUT2D eigenvalue weighted by atomic mass is 10.0. The SMILES string of the molecule is CCCCCC[C@@H](O)c1ccc(O)c(O)c1. The van der Waals surface area contributed by atoms with Gasteiger partial charge in [-0.1, -0.05) is 38.7 Å². The molecule has 0 radical (unpaired) electrons. The van der Waals surface area contributed by atoms with Crippen molar-refractivity contribution in [1.82, 2.24) is 0 Å². The Morgan fingerprint density at radius 1 is 1.06 bits per heavy atom. The van der Waals surface area contributed by atoms with Crippen molar-refractivity contribution in [3.05, 3.63) is 23.8 Å². The quantitative estimate of drug-likeness (QED) is 0.514. The highest BCUT2D eigenvalue weighted by Gasteiger charge is 2.09. The van der Waals surface area contributed by atoms with Crippen LogP contribution in [-0.2, 0) is 0 Å². The first-order valence-electron chi connectivity index (χ1n) is 5.85. The highest BCUT2D eigenvalue weighted by atomic mass is 16.3. The zero-order valence-corrected chi connectivity index (χ0v) is 9.69. The van der Waals surface area contributed by atoms with E-state index < -0.39 is 6.10 Å². The first kappa shape index (κ1) is 12.8. The molecule has 0 saturated carbocycles. The van der Waals surface area contributed by atoms with Crippen LogP contribution in [0.5, 0.6) is 11.5 Å². The fraction of sp³-hybridized carbons (Fsp3) is 0.538. The zero-order chi connectivity index (χ0) is 12.0. The molecule has 0 unspecified atom stereocenters. The van der Waals surface area contributed by atoms with Gasteiger partial charge in [-0.15, -0.1) is 0 Å². The molecule has 0 aliphatic rings. The van der Waals surface area contributed by atoms with Crippen molar-refractivity contribution in [3.63, 3.8) is 0 Å². The number of aliphatic hydroxyl groups excluding tert-OH is 1. The van der Waals surface area contributed by atoms with Gasteiger partial charge in [-0.3, -0.25) is 0 Å². The van der Waals surface area contributed by atoms with E-state index in [1.165, 1.54) is 25.0 Å². The molecule has 1 aromatic rings. The zero-order valence-electron chi connectivity index (χ0n) is 9.69. The first-order valence-corrected chi connectivity index (χ1v) is 5.85. The summed E-state index contributed by atoms with van der Waals surface area (Å²) in [5, 5.41) is 28.3. The molecule has 0 fully saturated rings. The molecule has 0 bridgehead atoms. The summed E-state index contributed by atoms with van der Waals surface area (Å²) in [7, 11) is 0. The number of rotatable bonds is 6. The number of aromatic hydroxyl groups is 2. The molecule has 3 N–H and O–H groups in total. The molecule has 1 aromatic carbocycles. The van der Waals surface area contributed by atoms with Crippen LogP contribution in [0.4, 0.5) is 0 Å². The minimum absolute atomic E-state index is 0.151. The predicted molar refractivity (Wildman–Crippen MR) is 63.5 cm³/mol. The number of unbranched alkanes of at least 4 members (excludes halogenated alkanes) is 3. The van der Waals surface area contributed by atoms with Crippen molar-refractivity contribution in [2.24, 2.45) is 0 Å². The number of benzene rings is 1. The lowest BCUT2D eigenvalue weighted by Crippen LogP contribution is -1.97. The number of phenols is 2. The second kappa shape index (κ2) is 6.38. The van der Waals surface area contributed by atoms with Crippen LogP contribution in [-0.4, -0.2) is 15.3 Å². The number of hydrogen-bond acceptors (Lipinski definition) is 3. The van der Waals surface area contributed by atoms with Gasteiger partial charge in [-0.2, -0.15) is 0 Å². The fourth-order valence-electron chi connectivity index (χ4n) is 1.68. The van der Waals surface area contributed by atoms with E-state index in [0.29, 0.717) is 12.0 Å². The second-order valence-corrected chi connectivity index (χ2v) is 4.11. The van der Waals surface area contributed by atoms with Crippen molar-refractivity contribution in [2.45, 2.75) is 45.1 Å². The van der Waals surface area contributed by atoms with Gasteiger partial charge in [-0.05, 0) is 24.1 Å². The maximum atomic E-state index is 9.84. The van der Waals surface area contributed by atoms with Crippen molar-refractivity contribution in [1.29, 1.82) is 0 Å². The molecule has 0 aliphatic heterocycles. The molecule has 0 amide bonds. The van der Waals surface area contributed by atoms with Crippen LogP contribution in [0.1, 0.15) is 50.7 Å². The Balaban J connectivity index is 2.46. The van der Waals surface area contributed by atoms with Gasteiger partial charge in [-0.25, -0.2) is 0 Å². The van der Waals surface area contributed by atoms with Crippen LogP contribution in [0, 0.1) is 0 Å². The summed E-state index contributed by atoms with van der Waals surface area (Å²) in [6.45, 7) is 2.15. The van der Waals surface area contributed by atoms with Crippen LogP contribution < -0.4 is 0 Å². The number of aliphatic hydroxyl groups is 1. The third-order valence-electron chi connectivity index (χ3n) is 2.72. The summed E-state index contributed by atoms with van der Waals surface area (Å²) in [5.41, 5.74) is 0.659. The first-order chi connectivity index (χ1) is 7.65. The predicted octanol–water partition coefficient (Wildman–Crippen LogP) is 3.10. The van der Waals surface area contributed by atoms with Gasteiger partial charge in [0.05, 0.1) is 6.10 Å². The molecule has 0 heterocycles. The Hall–Kier alpha value is -1.22. The van der Waals surface area contributed by atoms with E-state index >= 15 is 0 Å². The van der Waals surface area contributed by atoms with Crippen LogP contribution in [0.25, 0.3) is 0 Å². The van der Waals surface area contributed by atoms with Crippen LogP contribution in [0.3, 0.4) is 0 Å². The van der Waals surface area contributed by atoms with Crippen LogP contribution in [0.2, 0.25) is 0 Å². The minimum atomic E-state index is -0.552. The Kier molecular flexibility index (Phi) is 5.12. The molecular weight excluding hydrogens is 204 g/mol.